The molecular formula is C16H15Cl2NO3. The van der Waals surface area contributed by atoms with E-state index in [1.54, 1.807) is 0 Å². The normalized spacial score (nSPS) is 10.3. The lowest BCUT2D eigenvalue weighted by Gasteiger charge is -2.08. The highest BCUT2D eigenvalue weighted by Crippen LogP contribution is 2.20. The number of carbonyl (C=O) groups excluding carboxylic acids is 1. The predicted octanol–water partition coefficient (Wildman–Crippen LogP) is 4.19. The van der Waals surface area contributed by atoms with Gasteiger partial charge in [0.15, 0.2) is 0 Å². The second-order valence-electron chi connectivity index (χ2n) is 4.48. The number of pyridine rings is 1. The fraction of sp³-hybridized carbons (Fsp3) is 0.250. The summed E-state index contributed by atoms with van der Waals surface area (Å²) in [7, 11) is 0. The van der Waals surface area contributed by atoms with Crippen LogP contribution in [0.1, 0.15) is 22.8 Å². The highest BCUT2D eigenvalue weighted by Gasteiger charge is 2.10. The average molecular weight is 340 g/mol. The number of halogens is 2. The molecule has 0 saturated heterocycles. The molecule has 1 aromatic heterocycles. The summed E-state index contributed by atoms with van der Waals surface area (Å²) in [5, 5.41) is 0.362. The first-order valence-corrected chi connectivity index (χ1v) is 7.55. The van der Waals surface area contributed by atoms with Gasteiger partial charge in [0, 0.05) is 6.20 Å². The maximum absolute atomic E-state index is 11.8. The smallest absolute Gasteiger partial charge is 0.339 e. The molecule has 0 radical (unpaired) electrons. The number of hydrogen-bond donors (Lipinski definition) is 0. The molecule has 0 aliphatic rings. The standard InChI is InChI=1S/C16H15Cl2NO3/c1-2-11-4-3-5-13(8-11)21-6-7-22-16(20)12-9-14(17)15(18)19-10-12/h3-5,8-10H,2,6-7H2,1H3. The van der Waals surface area contributed by atoms with Gasteiger partial charge in [-0.2, -0.15) is 0 Å². The molecule has 0 fully saturated rings. The van der Waals surface area contributed by atoms with Crippen molar-refractivity contribution >= 4 is 29.2 Å². The van der Waals surface area contributed by atoms with Crippen molar-refractivity contribution in [1.82, 2.24) is 4.98 Å². The van der Waals surface area contributed by atoms with E-state index in [4.69, 9.17) is 32.7 Å². The highest BCUT2D eigenvalue weighted by atomic mass is 35.5. The zero-order valence-electron chi connectivity index (χ0n) is 12.0. The molecule has 2 aromatic rings. The monoisotopic (exact) mass is 339 g/mol. The van der Waals surface area contributed by atoms with Crippen LogP contribution in [-0.4, -0.2) is 24.2 Å². The van der Waals surface area contributed by atoms with Gasteiger partial charge in [0.05, 0.1) is 10.6 Å². The molecule has 2 rings (SSSR count). The van der Waals surface area contributed by atoms with Crippen molar-refractivity contribution in [2.75, 3.05) is 13.2 Å². The van der Waals surface area contributed by atoms with Gasteiger partial charge in [0.2, 0.25) is 0 Å². The van der Waals surface area contributed by atoms with Crippen molar-refractivity contribution in [1.29, 1.82) is 0 Å². The molecule has 0 atom stereocenters. The van der Waals surface area contributed by atoms with E-state index in [0.29, 0.717) is 0 Å². The van der Waals surface area contributed by atoms with Crippen LogP contribution in [0.15, 0.2) is 36.5 Å². The Bertz CT molecular complexity index is 662. The van der Waals surface area contributed by atoms with E-state index in [2.05, 4.69) is 11.9 Å². The molecule has 0 amide bonds. The lowest BCUT2D eigenvalue weighted by Crippen LogP contribution is -2.12. The van der Waals surface area contributed by atoms with Crippen LogP contribution in [0.5, 0.6) is 5.75 Å². The third-order valence-corrected chi connectivity index (χ3v) is 3.61. The van der Waals surface area contributed by atoms with Gasteiger partial charge in [-0.25, -0.2) is 9.78 Å². The van der Waals surface area contributed by atoms with Crippen molar-refractivity contribution in [3.63, 3.8) is 0 Å². The van der Waals surface area contributed by atoms with Crippen LogP contribution in [0.2, 0.25) is 10.2 Å². The van der Waals surface area contributed by atoms with E-state index < -0.39 is 5.97 Å². The van der Waals surface area contributed by atoms with Crippen molar-refractivity contribution in [2.45, 2.75) is 13.3 Å². The number of aryl methyl sites for hydroxylation is 1. The van der Waals surface area contributed by atoms with Gasteiger partial charge in [0.1, 0.15) is 24.1 Å². The summed E-state index contributed by atoms with van der Waals surface area (Å²) < 4.78 is 10.6. The molecule has 116 valence electrons. The number of carbonyl (C=O) groups is 1. The van der Waals surface area contributed by atoms with E-state index in [1.165, 1.54) is 17.8 Å². The van der Waals surface area contributed by atoms with Crippen LogP contribution < -0.4 is 4.74 Å². The van der Waals surface area contributed by atoms with Gasteiger partial charge in [-0.1, -0.05) is 42.3 Å². The van der Waals surface area contributed by atoms with Gasteiger partial charge in [0.25, 0.3) is 0 Å². The van der Waals surface area contributed by atoms with Crippen LogP contribution in [-0.2, 0) is 11.2 Å². The molecular weight excluding hydrogens is 325 g/mol. The Morgan fingerprint density at radius 1 is 1.23 bits per heavy atom. The summed E-state index contributed by atoms with van der Waals surface area (Å²) in [6.45, 7) is 2.48. The minimum Gasteiger partial charge on any atom is -0.490 e. The summed E-state index contributed by atoms with van der Waals surface area (Å²) in [6, 6.07) is 9.21. The molecule has 0 bridgehead atoms. The van der Waals surface area contributed by atoms with E-state index in [9.17, 15) is 4.79 Å². The number of esters is 1. The number of aromatic nitrogens is 1. The number of hydrogen-bond acceptors (Lipinski definition) is 4. The van der Waals surface area contributed by atoms with Crippen LogP contribution >= 0.6 is 23.2 Å². The van der Waals surface area contributed by atoms with Crippen LogP contribution in [0.25, 0.3) is 0 Å². The van der Waals surface area contributed by atoms with Gasteiger partial charge in [-0.15, -0.1) is 0 Å². The maximum Gasteiger partial charge on any atom is 0.339 e. The summed E-state index contributed by atoms with van der Waals surface area (Å²) in [5.41, 5.74) is 1.44. The summed E-state index contributed by atoms with van der Waals surface area (Å²) >= 11 is 11.5. The molecule has 0 saturated carbocycles. The maximum atomic E-state index is 11.8. The zero-order chi connectivity index (χ0) is 15.9. The van der Waals surface area contributed by atoms with Gasteiger partial charge >= 0.3 is 5.97 Å². The molecule has 0 unspecified atom stereocenters. The van der Waals surface area contributed by atoms with E-state index in [1.807, 2.05) is 24.3 Å². The Labute approximate surface area is 139 Å². The van der Waals surface area contributed by atoms with Gasteiger partial charge in [-0.05, 0) is 30.2 Å². The molecule has 4 nitrogen and oxygen atoms in total. The summed E-state index contributed by atoms with van der Waals surface area (Å²) in [6.07, 6.45) is 2.26. The average Bonchev–Trinajstić information content (AvgIpc) is 2.54. The molecule has 1 heterocycles. The summed E-state index contributed by atoms with van der Waals surface area (Å²) in [5.74, 6) is 0.239. The molecule has 0 aliphatic heterocycles. The molecule has 0 spiro atoms. The molecule has 6 heteroatoms. The first-order chi connectivity index (χ1) is 10.6. The van der Waals surface area contributed by atoms with Gasteiger partial charge < -0.3 is 9.47 Å². The zero-order valence-corrected chi connectivity index (χ0v) is 13.5. The van der Waals surface area contributed by atoms with E-state index in [-0.39, 0.29) is 29.0 Å². The fourth-order valence-electron chi connectivity index (χ4n) is 1.77. The Balaban J connectivity index is 1.80. The van der Waals surface area contributed by atoms with E-state index in [0.717, 1.165) is 12.2 Å². The molecule has 1 aromatic carbocycles. The van der Waals surface area contributed by atoms with Crippen molar-refractivity contribution < 1.29 is 14.3 Å². The number of ether oxygens (including phenoxy) is 2. The SMILES string of the molecule is CCc1cccc(OCCOC(=O)c2cnc(Cl)c(Cl)c2)c1. The van der Waals surface area contributed by atoms with Crippen LogP contribution in [0.4, 0.5) is 0 Å². The first kappa shape index (κ1) is 16.6. The third kappa shape index (κ3) is 4.61. The van der Waals surface area contributed by atoms with Crippen molar-refractivity contribution in [3.05, 3.63) is 57.8 Å². The topological polar surface area (TPSA) is 48.4 Å². The third-order valence-electron chi connectivity index (χ3n) is 2.92. The van der Waals surface area contributed by atoms with Gasteiger partial charge in [-0.3, -0.25) is 0 Å². The van der Waals surface area contributed by atoms with Crippen LogP contribution in [0, 0.1) is 0 Å². The Hall–Kier alpha value is -1.78. The fourth-order valence-corrected chi connectivity index (χ4v) is 2.03. The van der Waals surface area contributed by atoms with E-state index >= 15 is 0 Å². The van der Waals surface area contributed by atoms with Crippen molar-refractivity contribution in [2.24, 2.45) is 0 Å². The predicted molar refractivity (Wildman–Crippen MR) is 85.9 cm³/mol. The van der Waals surface area contributed by atoms with Crippen LogP contribution in [0.3, 0.4) is 0 Å². The number of nitrogens with zero attached hydrogens (tertiary/aromatic N) is 1. The lowest BCUT2D eigenvalue weighted by molar-refractivity contribution is 0.0450. The largest absolute Gasteiger partial charge is 0.490 e. The minimum atomic E-state index is -0.517. The lowest BCUT2D eigenvalue weighted by atomic mass is 10.2. The highest BCUT2D eigenvalue weighted by molar-refractivity contribution is 6.41. The molecule has 0 N–H and O–H groups in total. The molecule has 0 aliphatic carbocycles. The number of rotatable bonds is 6. The number of benzene rings is 1. The first-order valence-electron chi connectivity index (χ1n) is 6.80. The van der Waals surface area contributed by atoms with Crippen molar-refractivity contribution in [3.8, 4) is 5.75 Å². The Morgan fingerprint density at radius 3 is 2.77 bits per heavy atom. The Kier molecular flexibility index (Phi) is 6.04. The summed E-state index contributed by atoms with van der Waals surface area (Å²) in [4.78, 5) is 15.6. The Morgan fingerprint density at radius 2 is 2.05 bits per heavy atom. The quantitative estimate of drug-likeness (QED) is 0.450. The second-order valence-corrected chi connectivity index (χ2v) is 5.25. The minimum absolute atomic E-state index is 0.134. The molecule has 22 heavy (non-hydrogen) atoms. The second kappa shape index (κ2) is 8.01.